The number of amides is 1. The van der Waals surface area contributed by atoms with Crippen molar-refractivity contribution in [1.29, 1.82) is 0 Å². The van der Waals surface area contributed by atoms with E-state index in [1.807, 2.05) is 36.4 Å². The van der Waals surface area contributed by atoms with Crippen molar-refractivity contribution >= 4 is 5.91 Å². The molecule has 3 rings (SSSR count). The SMILES string of the molecule is O=C(NCc1cccc(CN2CCOCC2)c1)c1ccccc1. The summed E-state index contributed by atoms with van der Waals surface area (Å²) in [5.74, 6) is -0.0378. The zero-order valence-electron chi connectivity index (χ0n) is 13.2. The third-order valence-electron chi connectivity index (χ3n) is 3.99. The van der Waals surface area contributed by atoms with Crippen molar-refractivity contribution in [3.8, 4) is 0 Å². The van der Waals surface area contributed by atoms with Crippen LogP contribution in [0, 0.1) is 0 Å². The molecule has 0 unspecified atom stereocenters. The molecule has 0 radical (unpaired) electrons. The van der Waals surface area contributed by atoms with E-state index in [1.54, 1.807) is 0 Å². The van der Waals surface area contributed by atoms with Gasteiger partial charge in [0.1, 0.15) is 0 Å². The average Bonchev–Trinajstić information content (AvgIpc) is 2.62. The molecule has 1 heterocycles. The molecule has 120 valence electrons. The molecule has 1 aliphatic heterocycles. The number of ether oxygens (including phenoxy) is 1. The van der Waals surface area contributed by atoms with Gasteiger partial charge >= 0.3 is 0 Å². The van der Waals surface area contributed by atoms with Crippen molar-refractivity contribution in [1.82, 2.24) is 10.2 Å². The van der Waals surface area contributed by atoms with Crippen LogP contribution in [0.15, 0.2) is 54.6 Å². The molecule has 0 aromatic heterocycles. The molecule has 2 aromatic rings. The van der Waals surface area contributed by atoms with E-state index < -0.39 is 0 Å². The van der Waals surface area contributed by atoms with Crippen LogP contribution in [0.5, 0.6) is 0 Å². The molecule has 1 fully saturated rings. The first-order valence-corrected chi connectivity index (χ1v) is 8.02. The van der Waals surface area contributed by atoms with Crippen molar-refractivity contribution < 1.29 is 9.53 Å². The van der Waals surface area contributed by atoms with E-state index in [1.165, 1.54) is 5.56 Å². The Balaban J connectivity index is 1.56. The zero-order valence-corrected chi connectivity index (χ0v) is 13.2. The molecule has 2 aromatic carbocycles. The number of carbonyl (C=O) groups excluding carboxylic acids is 1. The van der Waals surface area contributed by atoms with E-state index in [-0.39, 0.29) is 5.91 Å². The molecule has 1 amide bonds. The molecule has 1 N–H and O–H groups in total. The Bertz CT molecular complexity index is 637. The minimum absolute atomic E-state index is 0.0378. The lowest BCUT2D eigenvalue weighted by molar-refractivity contribution is 0.0342. The normalized spacial score (nSPS) is 15.3. The number of morpholine rings is 1. The monoisotopic (exact) mass is 310 g/mol. The van der Waals surface area contributed by atoms with Crippen LogP contribution in [-0.2, 0) is 17.8 Å². The molecule has 0 bridgehead atoms. The summed E-state index contributed by atoms with van der Waals surface area (Å²) in [7, 11) is 0. The molecule has 1 aliphatic rings. The van der Waals surface area contributed by atoms with Gasteiger partial charge in [-0.15, -0.1) is 0 Å². The number of benzene rings is 2. The van der Waals surface area contributed by atoms with E-state index in [4.69, 9.17) is 4.74 Å². The molecule has 23 heavy (non-hydrogen) atoms. The zero-order chi connectivity index (χ0) is 15.9. The van der Waals surface area contributed by atoms with Crippen molar-refractivity contribution in [2.24, 2.45) is 0 Å². The second kappa shape index (κ2) is 7.90. The van der Waals surface area contributed by atoms with Gasteiger partial charge in [-0.1, -0.05) is 42.5 Å². The summed E-state index contributed by atoms with van der Waals surface area (Å²) in [5.41, 5.74) is 3.09. The highest BCUT2D eigenvalue weighted by Crippen LogP contribution is 2.10. The smallest absolute Gasteiger partial charge is 0.251 e. The van der Waals surface area contributed by atoms with Gasteiger partial charge in [-0.25, -0.2) is 0 Å². The van der Waals surface area contributed by atoms with Crippen LogP contribution in [0.25, 0.3) is 0 Å². The second-order valence-electron chi connectivity index (χ2n) is 5.76. The van der Waals surface area contributed by atoms with Crippen molar-refractivity contribution in [2.75, 3.05) is 26.3 Å². The van der Waals surface area contributed by atoms with E-state index in [0.29, 0.717) is 12.1 Å². The highest BCUT2D eigenvalue weighted by molar-refractivity contribution is 5.94. The molecule has 4 nitrogen and oxygen atoms in total. The van der Waals surface area contributed by atoms with E-state index in [9.17, 15) is 4.79 Å². The van der Waals surface area contributed by atoms with Crippen LogP contribution in [0.4, 0.5) is 0 Å². The Hall–Kier alpha value is -2.17. The lowest BCUT2D eigenvalue weighted by Crippen LogP contribution is -2.35. The molecular formula is C19H22N2O2. The predicted molar refractivity (Wildman–Crippen MR) is 90.2 cm³/mol. The lowest BCUT2D eigenvalue weighted by atomic mass is 10.1. The molecule has 0 atom stereocenters. The van der Waals surface area contributed by atoms with Gasteiger partial charge in [-0.3, -0.25) is 9.69 Å². The Labute approximate surface area is 137 Å². The standard InChI is InChI=1S/C19H22N2O2/c22-19(18-7-2-1-3-8-18)20-14-16-5-4-6-17(13-16)15-21-9-11-23-12-10-21/h1-8,13H,9-12,14-15H2,(H,20,22). The maximum Gasteiger partial charge on any atom is 0.251 e. The number of nitrogens with zero attached hydrogens (tertiary/aromatic N) is 1. The number of nitrogens with one attached hydrogen (secondary N) is 1. The predicted octanol–water partition coefficient (Wildman–Crippen LogP) is 2.45. The van der Waals surface area contributed by atoms with Crippen molar-refractivity contribution in [3.63, 3.8) is 0 Å². The summed E-state index contributed by atoms with van der Waals surface area (Å²) in [5, 5.41) is 2.97. The maximum atomic E-state index is 12.1. The highest BCUT2D eigenvalue weighted by Gasteiger charge is 2.11. The van der Waals surface area contributed by atoms with Gasteiger partial charge in [0.15, 0.2) is 0 Å². The summed E-state index contributed by atoms with van der Waals surface area (Å²) >= 11 is 0. The van der Waals surface area contributed by atoms with Crippen molar-refractivity contribution in [3.05, 3.63) is 71.3 Å². The van der Waals surface area contributed by atoms with Crippen LogP contribution in [0.3, 0.4) is 0 Å². The number of hydrogen-bond donors (Lipinski definition) is 1. The highest BCUT2D eigenvalue weighted by atomic mass is 16.5. The first kappa shape index (κ1) is 15.7. The van der Waals surface area contributed by atoms with Crippen LogP contribution < -0.4 is 5.32 Å². The summed E-state index contributed by atoms with van der Waals surface area (Å²) in [6, 6.07) is 17.7. The van der Waals surface area contributed by atoms with E-state index in [0.717, 1.165) is 38.4 Å². The molecule has 0 aliphatic carbocycles. The Kier molecular flexibility index (Phi) is 5.40. The van der Waals surface area contributed by atoms with Gasteiger partial charge in [0.05, 0.1) is 13.2 Å². The molecular weight excluding hydrogens is 288 g/mol. The largest absolute Gasteiger partial charge is 0.379 e. The first-order chi connectivity index (χ1) is 11.3. The number of carbonyl (C=O) groups is 1. The topological polar surface area (TPSA) is 41.6 Å². The molecule has 1 saturated heterocycles. The fourth-order valence-corrected chi connectivity index (χ4v) is 2.73. The van der Waals surface area contributed by atoms with E-state index in [2.05, 4.69) is 28.4 Å². The van der Waals surface area contributed by atoms with Crippen LogP contribution in [-0.4, -0.2) is 37.1 Å². The minimum Gasteiger partial charge on any atom is -0.379 e. The Morgan fingerprint density at radius 3 is 2.52 bits per heavy atom. The van der Waals surface area contributed by atoms with Gasteiger partial charge in [0, 0.05) is 31.7 Å². The van der Waals surface area contributed by atoms with Gasteiger partial charge in [-0.05, 0) is 23.3 Å². The average molecular weight is 310 g/mol. The Morgan fingerprint density at radius 2 is 1.74 bits per heavy atom. The van der Waals surface area contributed by atoms with Crippen LogP contribution >= 0.6 is 0 Å². The van der Waals surface area contributed by atoms with Crippen LogP contribution in [0.2, 0.25) is 0 Å². The summed E-state index contributed by atoms with van der Waals surface area (Å²) in [6.45, 7) is 5.07. The first-order valence-electron chi connectivity index (χ1n) is 8.02. The molecule has 4 heteroatoms. The fraction of sp³-hybridized carbons (Fsp3) is 0.316. The maximum absolute atomic E-state index is 12.1. The molecule has 0 spiro atoms. The second-order valence-corrected chi connectivity index (χ2v) is 5.76. The van der Waals surface area contributed by atoms with Crippen molar-refractivity contribution in [2.45, 2.75) is 13.1 Å². The summed E-state index contributed by atoms with van der Waals surface area (Å²) < 4.78 is 5.38. The number of rotatable bonds is 5. The van der Waals surface area contributed by atoms with E-state index >= 15 is 0 Å². The number of hydrogen-bond acceptors (Lipinski definition) is 3. The minimum atomic E-state index is -0.0378. The van der Waals surface area contributed by atoms with Gasteiger partial charge < -0.3 is 10.1 Å². The van der Waals surface area contributed by atoms with Crippen LogP contribution in [0.1, 0.15) is 21.5 Å². The van der Waals surface area contributed by atoms with Gasteiger partial charge in [0.25, 0.3) is 5.91 Å². The Morgan fingerprint density at radius 1 is 1.00 bits per heavy atom. The summed E-state index contributed by atoms with van der Waals surface area (Å²) in [4.78, 5) is 14.5. The summed E-state index contributed by atoms with van der Waals surface area (Å²) in [6.07, 6.45) is 0. The third kappa shape index (κ3) is 4.65. The molecule has 0 saturated carbocycles. The van der Waals surface area contributed by atoms with Gasteiger partial charge in [0.2, 0.25) is 0 Å². The third-order valence-corrected chi connectivity index (χ3v) is 3.99. The quantitative estimate of drug-likeness (QED) is 0.922. The fourth-order valence-electron chi connectivity index (χ4n) is 2.73. The van der Waals surface area contributed by atoms with Gasteiger partial charge in [-0.2, -0.15) is 0 Å². The lowest BCUT2D eigenvalue weighted by Gasteiger charge is -2.26.